The maximum atomic E-state index is 4.36. The third-order valence-electron chi connectivity index (χ3n) is 3.96. The van der Waals surface area contributed by atoms with Crippen LogP contribution in [-0.2, 0) is 0 Å². The van der Waals surface area contributed by atoms with E-state index in [0.717, 1.165) is 25.6 Å². The monoisotopic (exact) mass is 283 g/mol. The molecule has 0 aromatic carbocycles. The fraction of sp³-hybridized carbons (Fsp3) is 0.438. The first-order chi connectivity index (χ1) is 10.3. The van der Waals surface area contributed by atoms with Gasteiger partial charge in [0, 0.05) is 50.1 Å². The van der Waals surface area contributed by atoms with Crippen molar-refractivity contribution >= 4 is 11.6 Å². The van der Waals surface area contributed by atoms with E-state index in [9.17, 15) is 0 Å². The third-order valence-corrected chi connectivity index (χ3v) is 3.96. The molecule has 1 unspecified atom stereocenters. The molecule has 1 N–H and O–H groups in total. The van der Waals surface area contributed by atoms with Crippen molar-refractivity contribution in [2.24, 2.45) is 5.92 Å². The molecule has 0 aliphatic carbocycles. The number of rotatable bonds is 4. The number of piperidine rings is 1. The number of aromatic nitrogens is 3. The van der Waals surface area contributed by atoms with Gasteiger partial charge in [0.25, 0.3) is 0 Å². The lowest BCUT2D eigenvalue weighted by Crippen LogP contribution is -2.39. The van der Waals surface area contributed by atoms with Gasteiger partial charge in [0.05, 0.1) is 0 Å². The van der Waals surface area contributed by atoms with Crippen molar-refractivity contribution in [1.29, 1.82) is 0 Å². The normalized spacial score (nSPS) is 18.5. The van der Waals surface area contributed by atoms with Gasteiger partial charge in [-0.3, -0.25) is 4.98 Å². The second-order valence-electron chi connectivity index (χ2n) is 5.57. The number of anilines is 2. The summed E-state index contributed by atoms with van der Waals surface area (Å²) in [5, 5.41) is 3.55. The maximum absolute atomic E-state index is 4.36. The first-order valence-corrected chi connectivity index (χ1v) is 7.49. The summed E-state index contributed by atoms with van der Waals surface area (Å²) in [6.45, 7) is 5.13. The average molecular weight is 283 g/mol. The Morgan fingerprint density at radius 1 is 1.29 bits per heavy atom. The number of hydrogen-bond acceptors (Lipinski definition) is 5. The van der Waals surface area contributed by atoms with E-state index in [-0.39, 0.29) is 0 Å². The molecule has 21 heavy (non-hydrogen) atoms. The Kier molecular flexibility index (Phi) is 4.28. The van der Waals surface area contributed by atoms with E-state index in [1.165, 1.54) is 24.1 Å². The summed E-state index contributed by atoms with van der Waals surface area (Å²) in [4.78, 5) is 15.1. The Morgan fingerprint density at radius 3 is 2.95 bits per heavy atom. The number of nitrogens with one attached hydrogen (secondary N) is 1. The van der Waals surface area contributed by atoms with Gasteiger partial charge in [-0.15, -0.1) is 0 Å². The van der Waals surface area contributed by atoms with Crippen LogP contribution in [0.15, 0.2) is 36.9 Å². The molecule has 3 rings (SSSR count). The van der Waals surface area contributed by atoms with Gasteiger partial charge in [0.1, 0.15) is 0 Å². The number of nitrogens with zero attached hydrogens (tertiary/aromatic N) is 4. The minimum Gasteiger partial charge on any atom is -0.384 e. The van der Waals surface area contributed by atoms with E-state index in [0.29, 0.717) is 5.92 Å². The van der Waals surface area contributed by atoms with Gasteiger partial charge >= 0.3 is 0 Å². The van der Waals surface area contributed by atoms with Gasteiger partial charge < -0.3 is 10.2 Å². The van der Waals surface area contributed by atoms with Crippen LogP contribution < -0.4 is 10.2 Å². The summed E-state index contributed by atoms with van der Waals surface area (Å²) < 4.78 is 0. The number of hydrogen-bond donors (Lipinski definition) is 1. The van der Waals surface area contributed by atoms with E-state index < -0.39 is 0 Å². The summed E-state index contributed by atoms with van der Waals surface area (Å²) in [6.07, 6.45) is 9.79. The highest BCUT2D eigenvalue weighted by atomic mass is 15.3. The zero-order valence-corrected chi connectivity index (χ0v) is 12.4. The van der Waals surface area contributed by atoms with Crippen LogP contribution in [0.25, 0.3) is 0 Å². The quantitative estimate of drug-likeness (QED) is 0.934. The molecule has 2 aromatic heterocycles. The molecular formula is C16H21N5. The van der Waals surface area contributed by atoms with Crippen LogP contribution in [0.3, 0.4) is 0 Å². The lowest BCUT2D eigenvalue weighted by atomic mass is 9.98. The van der Waals surface area contributed by atoms with Crippen LogP contribution in [0.1, 0.15) is 18.4 Å². The molecule has 0 saturated carbocycles. The molecule has 5 nitrogen and oxygen atoms in total. The highest BCUT2D eigenvalue weighted by molar-refractivity contribution is 5.48. The van der Waals surface area contributed by atoms with E-state index in [1.54, 1.807) is 0 Å². The second kappa shape index (κ2) is 6.52. The topological polar surface area (TPSA) is 53.9 Å². The molecule has 1 aliphatic rings. The Morgan fingerprint density at radius 2 is 2.14 bits per heavy atom. The van der Waals surface area contributed by atoms with Crippen LogP contribution in [0.4, 0.5) is 11.6 Å². The summed E-state index contributed by atoms with van der Waals surface area (Å²) >= 11 is 0. The van der Waals surface area contributed by atoms with E-state index in [1.807, 2.05) is 36.9 Å². The van der Waals surface area contributed by atoms with Gasteiger partial charge in [-0.2, -0.15) is 0 Å². The Bertz CT molecular complexity index is 572. The standard InChI is InChI=1S/C16H21N5/c1-13-10-17-8-5-15(13)20-11-14-4-2-9-21(12-14)16-18-6-3-7-19-16/h3,5-8,10,14H,2,4,9,11-12H2,1H3,(H,17,20). The molecular weight excluding hydrogens is 262 g/mol. The zero-order valence-electron chi connectivity index (χ0n) is 12.4. The first-order valence-electron chi connectivity index (χ1n) is 7.49. The van der Waals surface area contributed by atoms with Crippen molar-refractivity contribution in [1.82, 2.24) is 15.0 Å². The molecule has 0 bridgehead atoms. The minimum atomic E-state index is 0.620. The average Bonchev–Trinajstić information content (AvgIpc) is 2.55. The van der Waals surface area contributed by atoms with Crippen LogP contribution >= 0.6 is 0 Å². The summed E-state index contributed by atoms with van der Waals surface area (Å²) in [5.74, 6) is 1.47. The third kappa shape index (κ3) is 3.48. The van der Waals surface area contributed by atoms with Crippen molar-refractivity contribution in [3.8, 4) is 0 Å². The summed E-state index contributed by atoms with van der Waals surface area (Å²) in [7, 11) is 0. The van der Waals surface area contributed by atoms with Gasteiger partial charge in [-0.05, 0) is 43.4 Å². The van der Waals surface area contributed by atoms with Crippen LogP contribution in [0, 0.1) is 12.8 Å². The molecule has 0 spiro atoms. The second-order valence-corrected chi connectivity index (χ2v) is 5.57. The fourth-order valence-corrected chi connectivity index (χ4v) is 2.79. The van der Waals surface area contributed by atoms with E-state index in [4.69, 9.17) is 0 Å². The molecule has 3 heterocycles. The van der Waals surface area contributed by atoms with Crippen LogP contribution in [0.2, 0.25) is 0 Å². The molecule has 0 amide bonds. The van der Waals surface area contributed by atoms with Crippen molar-refractivity contribution in [2.75, 3.05) is 29.9 Å². The van der Waals surface area contributed by atoms with Gasteiger partial charge in [0.2, 0.25) is 5.95 Å². The SMILES string of the molecule is Cc1cnccc1NCC1CCCN(c2ncccn2)C1. The Balaban J connectivity index is 1.58. The molecule has 0 radical (unpaired) electrons. The largest absolute Gasteiger partial charge is 0.384 e. The van der Waals surface area contributed by atoms with Crippen molar-refractivity contribution in [3.05, 3.63) is 42.5 Å². The van der Waals surface area contributed by atoms with Crippen molar-refractivity contribution < 1.29 is 0 Å². The minimum absolute atomic E-state index is 0.620. The van der Waals surface area contributed by atoms with Crippen LogP contribution in [0.5, 0.6) is 0 Å². The molecule has 5 heteroatoms. The molecule has 1 fully saturated rings. The van der Waals surface area contributed by atoms with Gasteiger partial charge in [-0.1, -0.05) is 0 Å². The van der Waals surface area contributed by atoms with E-state index in [2.05, 4.69) is 32.1 Å². The molecule has 1 saturated heterocycles. The predicted octanol–water partition coefficient (Wildman–Crippen LogP) is 2.51. The van der Waals surface area contributed by atoms with Gasteiger partial charge in [0.15, 0.2) is 0 Å². The van der Waals surface area contributed by atoms with Gasteiger partial charge in [-0.25, -0.2) is 9.97 Å². The maximum Gasteiger partial charge on any atom is 0.225 e. The number of aryl methyl sites for hydroxylation is 1. The van der Waals surface area contributed by atoms with Crippen molar-refractivity contribution in [2.45, 2.75) is 19.8 Å². The number of pyridine rings is 1. The molecule has 1 aliphatic heterocycles. The lowest BCUT2D eigenvalue weighted by molar-refractivity contribution is 0.428. The highest BCUT2D eigenvalue weighted by Gasteiger charge is 2.21. The fourth-order valence-electron chi connectivity index (χ4n) is 2.79. The first kappa shape index (κ1) is 13.8. The Labute approximate surface area is 125 Å². The predicted molar refractivity (Wildman–Crippen MR) is 84.4 cm³/mol. The van der Waals surface area contributed by atoms with E-state index >= 15 is 0 Å². The Hall–Kier alpha value is -2.17. The summed E-state index contributed by atoms with van der Waals surface area (Å²) in [5.41, 5.74) is 2.37. The van der Waals surface area contributed by atoms with Crippen molar-refractivity contribution in [3.63, 3.8) is 0 Å². The zero-order chi connectivity index (χ0) is 14.5. The smallest absolute Gasteiger partial charge is 0.225 e. The molecule has 110 valence electrons. The summed E-state index contributed by atoms with van der Waals surface area (Å²) in [6, 6.07) is 3.90. The highest BCUT2D eigenvalue weighted by Crippen LogP contribution is 2.21. The lowest BCUT2D eigenvalue weighted by Gasteiger charge is -2.33. The molecule has 1 atom stereocenters. The molecule has 2 aromatic rings. The van der Waals surface area contributed by atoms with Crippen LogP contribution in [-0.4, -0.2) is 34.6 Å².